The van der Waals surface area contributed by atoms with Crippen molar-refractivity contribution in [3.63, 3.8) is 0 Å². The van der Waals surface area contributed by atoms with Gasteiger partial charge in [0.05, 0.1) is 6.54 Å². The third-order valence-corrected chi connectivity index (χ3v) is 40.1. The smallest absolute Gasteiger partial charge is 0.330 e. The molecule has 0 saturated carbocycles. The lowest BCUT2D eigenvalue weighted by molar-refractivity contribution is -0.138. The van der Waals surface area contributed by atoms with Crippen LogP contribution in [0.2, 0.25) is 104 Å². The van der Waals surface area contributed by atoms with Crippen LogP contribution >= 0.6 is 0 Å². The molecule has 2 saturated heterocycles. The summed E-state index contributed by atoms with van der Waals surface area (Å²) in [5.74, 6) is -0.616. The highest BCUT2D eigenvalue weighted by Gasteiger charge is 2.53. The fourth-order valence-electron chi connectivity index (χ4n) is 6.71. The maximum absolute atomic E-state index is 10.4. The molecule has 0 aromatic carbocycles. The van der Waals surface area contributed by atoms with Gasteiger partial charge >= 0.3 is 74.5 Å². The number of hydrogen-bond donors (Lipinski definition) is 1. The lowest BCUT2D eigenvalue weighted by atomic mass is 10.4. The zero-order chi connectivity index (χ0) is 40.1. The van der Waals surface area contributed by atoms with Crippen LogP contribution in [0.15, 0.2) is 12.7 Å². The van der Waals surface area contributed by atoms with Gasteiger partial charge in [-0.1, -0.05) is 6.58 Å². The van der Waals surface area contributed by atoms with Crippen molar-refractivity contribution in [3.8, 4) is 0 Å². The van der Waals surface area contributed by atoms with Crippen molar-refractivity contribution < 1.29 is 56.7 Å². The Morgan fingerprint density at radius 3 is 1.13 bits per heavy atom. The van der Waals surface area contributed by atoms with Gasteiger partial charge in [0.25, 0.3) is 0 Å². The van der Waals surface area contributed by atoms with E-state index in [9.17, 15) is 9.59 Å². The van der Waals surface area contributed by atoms with E-state index in [-0.39, 0.29) is 12.5 Å². The summed E-state index contributed by atoms with van der Waals surface area (Å²) < 4.78 is 68.7. The molecule has 0 aromatic rings. The molecule has 2 fully saturated rings. The number of amides is 1. The normalized spacial score (nSPS) is 23.6. The summed E-state index contributed by atoms with van der Waals surface area (Å²) >= 11 is 0. The molecule has 2 heterocycles. The van der Waals surface area contributed by atoms with Crippen molar-refractivity contribution in [2.24, 2.45) is 0 Å². The van der Waals surface area contributed by atoms with Gasteiger partial charge in [-0.3, -0.25) is 4.79 Å². The van der Waals surface area contributed by atoms with Gasteiger partial charge in [0.1, 0.15) is 6.61 Å². The summed E-state index contributed by atoms with van der Waals surface area (Å²) in [7, 11) is -18.7. The summed E-state index contributed by atoms with van der Waals surface area (Å²) in [6.45, 7) is 37.4. The molecular formula is C30H71NO13Si8. The summed E-state index contributed by atoms with van der Waals surface area (Å²) in [4.78, 5) is 20.7. The fourth-order valence-corrected chi connectivity index (χ4v) is 49.8. The van der Waals surface area contributed by atoms with Crippen molar-refractivity contribution in [3.05, 3.63) is 12.7 Å². The van der Waals surface area contributed by atoms with Crippen molar-refractivity contribution in [2.75, 3.05) is 39.6 Å². The summed E-state index contributed by atoms with van der Waals surface area (Å²) in [5, 5.41) is 2.47. The Morgan fingerprint density at radius 2 is 0.827 bits per heavy atom. The Kier molecular flexibility index (Phi) is 20.2. The van der Waals surface area contributed by atoms with Crippen molar-refractivity contribution in [1.82, 2.24) is 5.32 Å². The minimum absolute atomic E-state index is 0.139. The van der Waals surface area contributed by atoms with Crippen molar-refractivity contribution >= 4 is 80.4 Å². The zero-order valence-electron chi connectivity index (χ0n) is 34.9. The summed E-state index contributed by atoms with van der Waals surface area (Å²) in [6.07, 6.45) is 3.74. The van der Waals surface area contributed by atoms with E-state index >= 15 is 0 Å². The molecule has 0 aliphatic carbocycles. The van der Waals surface area contributed by atoms with Crippen LogP contribution in [-0.4, -0.2) is 120 Å². The predicted octanol–water partition coefficient (Wildman–Crippen LogP) is 6.56. The minimum atomic E-state index is -2.43. The van der Waals surface area contributed by atoms with Crippen LogP contribution in [0.3, 0.4) is 0 Å². The number of esters is 1. The molecule has 0 bridgehead atoms. The first-order valence-electron chi connectivity index (χ1n) is 18.3. The maximum atomic E-state index is 10.4. The monoisotopic (exact) mass is 877 g/mol. The van der Waals surface area contributed by atoms with Gasteiger partial charge in [0, 0.05) is 39.4 Å². The third kappa shape index (κ3) is 22.5. The van der Waals surface area contributed by atoms with Gasteiger partial charge in [-0.05, 0) is 123 Å². The SMILES string of the molecule is C=CC(=O)OCCNC(C)=O.C[Si]1(C)O[Si](C)(C)O[Si](C)(CCCOCCCOCCC[Si]2(C)O[Si](C)(C)O[Si](C)(C)O[Si](C)(C)O2)O[Si](C)(C)O1. The number of carbonyl (C=O) groups excluding carboxylic acids is 2. The molecule has 1 N–H and O–H groups in total. The second-order valence-electron chi connectivity index (χ2n) is 16.1. The van der Waals surface area contributed by atoms with E-state index in [2.05, 4.69) is 108 Å². The molecule has 2 aliphatic rings. The molecule has 2 aliphatic heterocycles. The highest BCUT2D eigenvalue weighted by molar-refractivity contribution is 6.94. The Hall–Kier alpha value is 0.0151. The van der Waals surface area contributed by atoms with Crippen LogP contribution in [0, 0.1) is 0 Å². The predicted molar refractivity (Wildman–Crippen MR) is 222 cm³/mol. The molecule has 22 heteroatoms. The van der Waals surface area contributed by atoms with E-state index in [0.29, 0.717) is 33.0 Å². The maximum Gasteiger partial charge on any atom is 0.330 e. The van der Waals surface area contributed by atoms with Crippen LogP contribution in [0.1, 0.15) is 26.2 Å². The minimum Gasteiger partial charge on any atom is -0.461 e. The molecule has 0 atom stereocenters. The molecule has 0 unspecified atom stereocenters. The number of nitrogens with one attached hydrogen (secondary N) is 1. The molecule has 0 radical (unpaired) electrons. The van der Waals surface area contributed by atoms with Gasteiger partial charge in [0.15, 0.2) is 0 Å². The van der Waals surface area contributed by atoms with Crippen LogP contribution < -0.4 is 5.32 Å². The highest BCUT2D eigenvalue weighted by Crippen LogP contribution is 2.34. The quantitative estimate of drug-likeness (QED) is 0.0774. The molecule has 14 nitrogen and oxygen atoms in total. The second-order valence-corrected chi connectivity index (χ2v) is 45.0. The highest BCUT2D eigenvalue weighted by atomic mass is 28.5. The topological polar surface area (TPSA) is 148 Å². The van der Waals surface area contributed by atoms with E-state index < -0.39 is 74.5 Å². The lowest BCUT2D eigenvalue weighted by Crippen LogP contribution is -2.65. The first kappa shape index (κ1) is 50.0. The largest absolute Gasteiger partial charge is 0.461 e. The van der Waals surface area contributed by atoms with Crippen molar-refractivity contribution in [1.29, 1.82) is 0 Å². The number of carbonyl (C=O) groups is 2. The lowest BCUT2D eigenvalue weighted by Gasteiger charge is -2.47. The number of ether oxygens (including phenoxy) is 3. The van der Waals surface area contributed by atoms with Crippen LogP contribution in [0.25, 0.3) is 0 Å². The number of hydrogen-bond acceptors (Lipinski definition) is 13. The van der Waals surface area contributed by atoms with Gasteiger partial charge in [-0.15, -0.1) is 0 Å². The van der Waals surface area contributed by atoms with E-state index in [1.807, 2.05) is 0 Å². The number of rotatable bonds is 16. The molecule has 0 spiro atoms. The van der Waals surface area contributed by atoms with Gasteiger partial charge < -0.3 is 52.4 Å². The standard InChI is InChI=1S/C23H60O10Si8.C7H11NO3/c1-34(2)26-36(5,6)30-40(13,31-37(7,8)27-34)22-16-20-24-18-15-19-25-21-17-23-41(14)32-38(9,10)28-35(3,4)29-39(11,12)33-41;1-3-7(10)11-5-4-8-6(2)9/h15-23H2,1-14H3;3H,1,4-5H2,2H3,(H,8,9). The molecule has 2 rings (SSSR count). The zero-order valence-corrected chi connectivity index (χ0v) is 42.9. The Morgan fingerprint density at radius 1 is 0.519 bits per heavy atom. The van der Waals surface area contributed by atoms with Crippen LogP contribution in [0.5, 0.6) is 0 Å². The van der Waals surface area contributed by atoms with E-state index in [0.717, 1.165) is 37.4 Å². The molecule has 1 amide bonds. The fraction of sp³-hybridized carbons (Fsp3) is 0.867. The molecule has 52 heavy (non-hydrogen) atoms. The average molecular weight is 879 g/mol. The average Bonchev–Trinajstić information content (AvgIpc) is 2.88. The third-order valence-electron chi connectivity index (χ3n) is 7.12. The first-order chi connectivity index (χ1) is 23.5. The Balaban J connectivity index is 0.00000106. The van der Waals surface area contributed by atoms with Crippen LogP contribution in [0.4, 0.5) is 0 Å². The van der Waals surface area contributed by atoms with Crippen LogP contribution in [-0.2, 0) is 56.7 Å². The van der Waals surface area contributed by atoms with Gasteiger partial charge in [-0.25, -0.2) is 4.79 Å². The summed E-state index contributed by atoms with van der Waals surface area (Å²) in [6, 6.07) is 1.74. The Bertz CT molecular complexity index is 1030. The van der Waals surface area contributed by atoms with Crippen molar-refractivity contribution in [2.45, 2.75) is 130 Å². The van der Waals surface area contributed by atoms with Gasteiger partial charge in [0.2, 0.25) is 5.91 Å². The molecule has 306 valence electrons. The molecular weight excluding hydrogens is 807 g/mol. The van der Waals surface area contributed by atoms with E-state index in [1.54, 1.807) is 0 Å². The first-order valence-corrected chi connectivity index (χ1v) is 40.3. The van der Waals surface area contributed by atoms with E-state index in [4.69, 9.17) is 42.4 Å². The van der Waals surface area contributed by atoms with Gasteiger partial charge in [-0.2, -0.15) is 0 Å². The summed E-state index contributed by atoms with van der Waals surface area (Å²) in [5.41, 5.74) is 0. The van der Waals surface area contributed by atoms with E-state index in [1.165, 1.54) is 6.92 Å². The Labute approximate surface area is 323 Å². The second kappa shape index (κ2) is 21.0. The molecule has 0 aromatic heterocycles.